The number of aliphatic hydroxyl groups excluding tert-OH is 2. The fourth-order valence-electron chi connectivity index (χ4n) is 9.16. The Morgan fingerprint density at radius 2 is 0.712 bits per heavy atom. The lowest BCUT2D eigenvalue weighted by molar-refractivity contribution is -0.143. The van der Waals surface area contributed by atoms with Gasteiger partial charge in [0.25, 0.3) is 0 Å². The van der Waals surface area contributed by atoms with Gasteiger partial charge in [-0.2, -0.15) is 0 Å². The predicted molar refractivity (Wildman–Crippen MR) is 287 cm³/mol. The van der Waals surface area contributed by atoms with E-state index in [1.807, 2.05) is 6.08 Å². The van der Waals surface area contributed by atoms with Crippen LogP contribution in [0.4, 0.5) is 0 Å². The first kappa shape index (κ1) is 64.3. The van der Waals surface area contributed by atoms with Gasteiger partial charge in [-0.1, -0.05) is 276 Å². The molecule has 1 amide bonds. The van der Waals surface area contributed by atoms with Crippen molar-refractivity contribution in [3.8, 4) is 0 Å². The van der Waals surface area contributed by atoms with E-state index < -0.39 is 12.1 Å². The van der Waals surface area contributed by atoms with Gasteiger partial charge < -0.3 is 20.3 Å². The molecule has 6 heteroatoms. The molecule has 2 atom stereocenters. The van der Waals surface area contributed by atoms with Gasteiger partial charge in [0, 0.05) is 12.8 Å². The molecule has 0 aliphatic rings. The highest BCUT2D eigenvalue weighted by Gasteiger charge is 2.18. The fourth-order valence-corrected chi connectivity index (χ4v) is 9.16. The van der Waals surface area contributed by atoms with Crippen molar-refractivity contribution in [1.82, 2.24) is 5.32 Å². The molecule has 0 fully saturated rings. The van der Waals surface area contributed by atoms with Gasteiger partial charge in [0.05, 0.1) is 25.4 Å². The maximum absolute atomic E-state index is 12.5. The Bertz CT molecular complexity index is 1030. The third kappa shape index (κ3) is 51.7. The third-order valence-corrected chi connectivity index (χ3v) is 13.7. The molecular weight excluding hydrogens is 815 g/mol. The summed E-state index contributed by atoms with van der Waals surface area (Å²) in [4.78, 5) is 24.5. The van der Waals surface area contributed by atoms with Gasteiger partial charge in [-0.05, 0) is 57.8 Å². The molecule has 0 bridgehead atoms. The van der Waals surface area contributed by atoms with Crippen LogP contribution in [-0.2, 0) is 14.3 Å². The number of allylic oxidation sites excluding steroid dienone is 3. The second kappa shape index (κ2) is 55.9. The van der Waals surface area contributed by atoms with Crippen molar-refractivity contribution in [2.75, 3.05) is 13.2 Å². The van der Waals surface area contributed by atoms with E-state index in [1.54, 1.807) is 6.08 Å². The first-order chi connectivity index (χ1) is 32.5. The topological polar surface area (TPSA) is 95.9 Å². The molecule has 390 valence electrons. The van der Waals surface area contributed by atoms with Crippen molar-refractivity contribution < 1.29 is 24.5 Å². The quantitative estimate of drug-likeness (QED) is 0.0321. The van der Waals surface area contributed by atoms with Crippen LogP contribution in [-0.4, -0.2) is 47.4 Å². The second-order valence-electron chi connectivity index (χ2n) is 20.3. The number of hydrogen-bond donors (Lipinski definition) is 3. The van der Waals surface area contributed by atoms with Crippen LogP contribution in [0, 0.1) is 0 Å². The van der Waals surface area contributed by atoms with Gasteiger partial charge in [0.15, 0.2) is 0 Å². The summed E-state index contributed by atoms with van der Waals surface area (Å²) in [5.74, 6) is -0.0768. The molecule has 3 N–H and O–H groups in total. The number of rotatable bonds is 55. The Kier molecular flexibility index (Phi) is 54.5. The molecule has 0 spiro atoms. The van der Waals surface area contributed by atoms with Gasteiger partial charge in [-0.15, -0.1) is 0 Å². The number of unbranched alkanes of at least 4 members (excludes halogenated alkanes) is 42. The van der Waals surface area contributed by atoms with Crippen LogP contribution in [0.25, 0.3) is 0 Å². The zero-order chi connectivity index (χ0) is 47.9. The molecule has 0 saturated heterocycles. The van der Waals surface area contributed by atoms with Gasteiger partial charge >= 0.3 is 5.97 Å². The lowest BCUT2D eigenvalue weighted by Gasteiger charge is -2.20. The molecule has 0 saturated carbocycles. The number of aliphatic hydroxyl groups is 2. The van der Waals surface area contributed by atoms with E-state index >= 15 is 0 Å². The van der Waals surface area contributed by atoms with Crippen LogP contribution in [0.5, 0.6) is 0 Å². The van der Waals surface area contributed by atoms with Crippen LogP contribution in [0.3, 0.4) is 0 Å². The molecule has 0 rings (SSSR count). The summed E-state index contributed by atoms with van der Waals surface area (Å²) in [5, 5.41) is 23.1. The number of hydrogen-bond acceptors (Lipinski definition) is 5. The number of nitrogens with one attached hydrogen (secondary N) is 1. The lowest BCUT2D eigenvalue weighted by atomic mass is 10.0. The molecule has 0 aromatic heterocycles. The fraction of sp³-hybridized carbons (Fsp3) is 0.900. The van der Waals surface area contributed by atoms with Crippen molar-refractivity contribution in [1.29, 1.82) is 0 Å². The highest BCUT2D eigenvalue weighted by Crippen LogP contribution is 2.17. The summed E-state index contributed by atoms with van der Waals surface area (Å²) < 4.78 is 5.46. The van der Waals surface area contributed by atoms with Gasteiger partial charge in [-0.25, -0.2) is 0 Å². The largest absolute Gasteiger partial charge is 0.466 e. The Hall–Kier alpha value is -1.66. The molecule has 6 nitrogen and oxygen atoms in total. The molecule has 0 aliphatic heterocycles. The smallest absolute Gasteiger partial charge is 0.305 e. The highest BCUT2D eigenvalue weighted by atomic mass is 16.5. The van der Waals surface area contributed by atoms with E-state index in [9.17, 15) is 19.8 Å². The molecule has 0 aromatic rings. The highest BCUT2D eigenvalue weighted by molar-refractivity contribution is 5.76. The average molecular weight is 931 g/mol. The Morgan fingerprint density at radius 3 is 1.08 bits per heavy atom. The summed E-state index contributed by atoms with van der Waals surface area (Å²) in [7, 11) is 0. The Morgan fingerprint density at radius 1 is 0.409 bits per heavy atom. The second-order valence-corrected chi connectivity index (χ2v) is 20.3. The average Bonchev–Trinajstić information content (AvgIpc) is 3.32. The zero-order valence-electron chi connectivity index (χ0n) is 44.4. The van der Waals surface area contributed by atoms with Crippen molar-refractivity contribution >= 4 is 11.9 Å². The van der Waals surface area contributed by atoms with E-state index in [0.717, 1.165) is 57.8 Å². The van der Waals surface area contributed by atoms with E-state index in [-0.39, 0.29) is 18.5 Å². The Balaban J connectivity index is 3.48. The minimum Gasteiger partial charge on any atom is -0.466 e. The summed E-state index contributed by atoms with van der Waals surface area (Å²) in [6, 6.07) is -0.638. The molecular formula is C60H115NO5. The minimum absolute atomic E-state index is 0.00307. The molecule has 0 heterocycles. The van der Waals surface area contributed by atoms with E-state index in [0.29, 0.717) is 19.4 Å². The molecule has 0 aromatic carbocycles. The lowest BCUT2D eigenvalue weighted by Crippen LogP contribution is -2.45. The maximum atomic E-state index is 12.5. The standard InChI is InChI=1S/C60H115NO5/c1-3-5-7-9-11-13-15-17-18-19-20-23-26-29-32-36-40-44-48-52-58(63)57(56-62)61-59(64)53-49-45-41-37-33-30-27-24-21-22-25-28-31-35-39-43-47-51-55-66-60(65)54-50-46-42-38-34-16-14-12-10-8-6-4-2/h24,27,48,52,57-58,62-63H,3-23,25-26,28-47,49-51,53-56H2,1-2H3,(H,61,64)/b27-24-,52-48+. The normalized spacial score (nSPS) is 12.7. The number of carbonyl (C=O) groups excluding carboxylic acids is 2. The minimum atomic E-state index is -0.853. The van der Waals surface area contributed by atoms with E-state index in [2.05, 4.69) is 31.3 Å². The summed E-state index contributed by atoms with van der Waals surface area (Å²) >= 11 is 0. The number of carbonyl (C=O) groups is 2. The van der Waals surface area contributed by atoms with Crippen LogP contribution >= 0.6 is 0 Å². The van der Waals surface area contributed by atoms with Crippen LogP contribution in [0.2, 0.25) is 0 Å². The summed E-state index contributed by atoms with van der Waals surface area (Å²) in [6.07, 6.45) is 67.7. The van der Waals surface area contributed by atoms with Crippen molar-refractivity contribution in [3.05, 3.63) is 24.3 Å². The van der Waals surface area contributed by atoms with Gasteiger partial charge in [-0.3, -0.25) is 9.59 Å². The third-order valence-electron chi connectivity index (χ3n) is 13.7. The van der Waals surface area contributed by atoms with Crippen molar-refractivity contribution in [3.63, 3.8) is 0 Å². The van der Waals surface area contributed by atoms with Crippen LogP contribution < -0.4 is 5.32 Å². The van der Waals surface area contributed by atoms with E-state index in [4.69, 9.17) is 4.74 Å². The maximum Gasteiger partial charge on any atom is 0.305 e. The first-order valence-electron chi connectivity index (χ1n) is 29.6. The monoisotopic (exact) mass is 930 g/mol. The first-order valence-corrected chi connectivity index (χ1v) is 29.6. The number of esters is 1. The van der Waals surface area contributed by atoms with Crippen LogP contribution in [0.15, 0.2) is 24.3 Å². The molecule has 2 unspecified atom stereocenters. The summed E-state index contributed by atoms with van der Waals surface area (Å²) in [6.45, 7) is 4.90. The van der Waals surface area contributed by atoms with Gasteiger partial charge in [0.2, 0.25) is 5.91 Å². The Labute approximate surface area is 411 Å². The molecule has 0 radical (unpaired) electrons. The molecule has 66 heavy (non-hydrogen) atoms. The predicted octanol–water partition coefficient (Wildman–Crippen LogP) is 18.2. The number of ether oxygens (including phenoxy) is 1. The van der Waals surface area contributed by atoms with Crippen molar-refractivity contribution in [2.45, 2.75) is 334 Å². The van der Waals surface area contributed by atoms with Crippen molar-refractivity contribution in [2.24, 2.45) is 0 Å². The molecule has 0 aliphatic carbocycles. The van der Waals surface area contributed by atoms with E-state index in [1.165, 1.54) is 238 Å². The number of amides is 1. The summed E-state index contributed by atoms with van der Waals surface area (Å²) in [5.41, 5.74) is 0. The SMILES string of the molecule is CCCCCCCCCCCCCCCCCCC/C=C/C(O)C(CO)NC(=O)CCCCCCC/C=C\CCCCCCCCCCCOC(=O)CCCCCCCCCCCCCC. The zero-order valence-corrected chi connectivity index (χ0v) is 44.4. The van der Waals surface area contributed by atoms with Gasteiger partial charge in [0.1, 0.15) is 0 Å². The van der Waals surface area contributed by atoms with Crippen LogP contribution in [0.1, 0.15) is 322 Å².